The number of hydrogen-bond donors (Lipinski definition) is 1. The molecule has 0 aliphatic heterocycles. The summed E-state index contributed by atoms with van der Waals surface area (Å²) in [5.74, 6) is 0.235. The Morgan fingerprint density at radius 2 is 1.96 bits per heavy atom. The van der Waals surface area contributed by atoms with Crippen molar-refractivity contribution >= 4 is 11.8 Å². The van der Waals surface area contributed by atoms with Gasteiger partial charge in [-0.2, -0.15) is 0 Å². The topological polar surface area (TPSA) is 75.4 Å². The Hall–Kier alpha value is -1.85. The van der Waals surface area contributed by atoms with E-state index in [0.29, 0.717) is 18.9 Å². The van der Waals surface area contributed by atoms with Crippen LogP contribution in [0.2, 0.25) is 0 Å². The lowest BCUT2D eigenvalue weighted by atomic mass is 10.2. The van der Waals surface area contributed by atoms with Gasteiger partial charge in [-0.05, 0) is 33.1 Å². The average molecular weight is 323 g/mol. The molecular weight excluding hydrogens is 294 g/mol. The molecule has 0 saturated carbocycles. The highest BCUT2D eigenvalue weighted by molar-refractivity contribution is 5.92. The molecule has 0 unspecified atom stereocenters. The van der Waals surface area contributed by atoms with Gasteiger partial charge in [-0.1, -0.05) is 20.8 Å². The number of amides is 2. The molecule has 6 nitrogen and oxygen atoms in total. The van der Waals surface area contributed by atoms with E-state index >= 15 is 0 Å². The first-order valence-corrected chi connectivity index (χ1v) is 8.47. The minimum Gasteiger partial charge on any atom is -0.446 e. The fraction of sp³-hybridized carbons (Fsp3) is 0.706. The molecule has 0 saturated heterocycles. The summed E-state index contributed by atoms with van der Waals surface area (Å²) in [7, 11) is 0. The van der Waals surface area contributed by atoms with Gasteiger partial charge in [-0.25, -0.2) is 4.98 Å². The normalized spacial score (nSPS) is 13.4. The Bertz CT molecular complexity index is 513. The second-order valence-electron chi connectivity index (χ2n) is 5.94. The largest absolute Gasteiger partial charge is 0.446 e. The SMILES string of the molecule is CCCC(=O)N(Cc1nc(C(=O)N[C@@H](C)CC)co1)[C@H](C)CC. The first kappa shape index (κ1) is 19.2. The number of rotatable bonds is 9. The predicted octanol–water partition coefficient (Wildman–Crippen LogP) is 3.13. The zero-order valence-electron chi connectivity index (χ0n) is 14.9. The summed E-state index contributed by atoms with van der Waals surface area (Å²) in [5, 5.41) is 2.85. The van der Waals surface area contributed by atoms with Crippen LogP contribution < -0.4 is 5.32 Å². The summed E-state index contributed by atoms with van der Waals surface area (Å²) >= 11 is 0. The van der Waals surface area contributed by atoms with Gasteiger partial charge < -0.3 is 14.6 Å². The Labute approximate surface area is 138 Å². The van der Waals surface area contributed by atoms with Gasteiger partial charge in [0.2, 0.25) is 11.8 Å². The highest BCUT2D eigenvalue weighted by Crippen LogP contribution is 2.13. The number of oxazole rings is 1. The summed E-state index contributed by atoms with van der Waals surface area (Å²) in [4.78, 5) is 30.3. The molecule has 0 radical (unpaired) electrons. The zero-order chi connectivity index (χ0) is 17.4. The fourth-order valence-corrected chi connectivity index (χ4v) is 2.10. The summed E-state index contributed by atoms with van der Waals surface area (Å²) in [5.41, 5.74) is 0.257. The van der Waals surface area contributed by atoms with Gasteiger partial charge in [-0.3, -0.25) is 9.59 Å². The van der Waals surface area contributed by atoms with Crippen molar-refractivity contribution in [1.29, 1.82) is 0 Å². The Balaban J connectivity index is 2.78. The lowest BCUT2D eigenvalue weighted by Crippen LogP contribution is -2.37. The molecule has 1 rings (SSSR count). The van der Waals surface area contributed by atoms with Crippen LogP contribution in [-0.4, -0.2) is 33.8 Å². The van der Waals surface area contributed by atoms with Crippen molar-refractivity contribution < 1.29 is 14.0 Å². The van der Waals surface area contributed by atoms with Gasteiger partial charge in [0, 0.05) is 18.5 Å². The van der Waals surface area contributed by atoms with Crippen molar-refractivity contribution in [3.63, 3.8) is 0 Å². The van der Waals surface area contributed by atoms with E-state index < -0.39 is 0 Å². The monoisotopic (exact) mass is 323 g/mol. The van der Waals surface area contributed by atoms with Crippen molar-refractivity contribution in [2.24, 2.45) is 0 Å². The van der Waals surface area contributed by atoms with E-state index in [9.17, 15) is 9.59 Å². The van der Waals surface area contributed by atoms with Gasteiger partial charge >= 0.3 is 0 Å². The van der Waals surface area contributed by atoms with E-state index in [2.05, 4.69) is 10.3 Å². The first-order valence-electron chi connectivity index (χ1n) is 8.47. The second-order valence-corrected chi connectivity index (χ2v) is 5.94. The number of nitrogens with zero attached hydrogens (tertiary/aromatic N) is 2. The highest BCUT2D eigenvalue weighted by Gasteiger charge is 2.22. The summed E-state index contributed by atoms with van der Waals surface area (Å²) in [6, 6.07) is 0.198. The van der Waals surface area contributed by atoms with E-state index in [4.69, 9.17) is 4.42 Å². The van der Waals surface area contributed by atoms with Crippen LogP contribution in [0.25, 0.3) is 0 Å². The standard InChI is InChI=1S/C17H29N3O3/c1-6-9-16(21)20(13(5)8-3)10-15-19-14(11-23-15)17(22)18-12(4)7-2/h11-13H,6-10H2,1-5H3,(H,18,22)/t12-,13+/m0/s1. The maximum atomic E-state index is 12.3. The van der Waals surface area contributed by atoms with Gasteiger partial charge in [-0.15, -0.1) is 0 Å². The molecule has 6 heteroatoms. The molecule has 0 aliphatic carbocycles. The molecule has 0 fully saturated rings. The third-order valence-corrected chi connectivity index (χ3v) is 3.99. The summed E-state index contributed by atoms with van der Waals surface area (Å²) < 4.78 is 5.39. The summed E-state index contributed by atoms with van der Waals surface area (Å²) in [6.07, 6.45) is 4.37. The number of aromatic nitrogens is 1. The van der Waals surface area contributed by atoms with Crippen LogP contribution in [0.5, 0.6) is 0 Å². The lowest BCUT2D eigenvalue weighted by Gasteiger charge is -2.27. The molecule has 2 atom stereocenters. The minimum absolute atomic E-state index is 0.0883. The molecule has 2 amide bonds. The maximum Gasteiger partial charge on any atom is 0.273 e. The molecule has 1 aromatic rings. The second kappa shape index (κ2) is 9.33. The molecule has 0 aliphatic rings. The Morgan fingerprint density at radius 3 is 2.52 bits per heavy atom. The van der Waals surface area contributed by atoms with Crippen LogP contribution in [0.1, 0.15) is 76.7 Å². The van der Waals surface area contributed by atoms with Crippen LogP contribution in [0.3, 0.4) is 0 Å². The van der Waals surface area contributed by atoms with Crippen LogP contribution >= 0.6 is 0 Å². The highest BCUT2D eigenvalue weighted by atomic mass is 16.3. The van der Waals surface area contributed by atoms with Crippen molar-refractivity contribution in [3.8, 4) is 0 Å². The minimum atomic E-state index is -0.246. The fourth-order valence-electron chi connectivity index (χ4n) is 2.10. The van der Waals surface area contributed by atoms with Crippen LogP contribution in [0, 0.1) is 0 Å². The smallest absolute Gasteiger partial charge is 0.273 e. The van der Waals surface area contributed by atoms with E-state index in [0.717, 1.165) is 19.3 Å². The molecule has 130 valence electrons. The van der Waals surface area contributed by atoms with Gasteiger partial charge in [0.05, 0.1) is 6.54 Å². The Morgan fingerprint density at radius 1 is 1.26 bits per heavy atom. The first-order chi connectivity index (χ1) is 10.9. The molecule has 0 bridgehead atoms. The van der Waals surface area contributed by atoms with Crippen LogP contribution in [-0.2, 0) is 11.3 Å². The van der Waals surface area contributed by atoms with Crippen molar-refractivity contribution in [2.75, 3.05) is 0 Å². The van der Waals surface area contributed by atoms with Gasteiger partial charge in [0.15, 0.2) is 5.69 Å². The number of nitrogens with one attached hydrogen (secondary N) is 1. The van der Waals surface area contributed by atoms with Crippen LogP contribution in [0.4, 0.5) is 0 Å². The van der Waals surface area contributed by atoms with E-state index in [1.54, 1.807) is 4.90 Å². The van der Waals surface area contributed by atoms with Crippen molar-refractivity contribution in [2.45, 2.75) is 78.9 Å². The number of carbonyl (C=O) groups is 2. The van der Waals surface area contributed by atoms with Crippen molar-refractivity contribution in [3.05, 3.63) is 17.8 Å². The number of carbonyl (C=O) groups excluding carboxylic acids is 2. The van der Waals surface area contributed by atoms with E-state index in [1.165, 1.54) is 6.26 Å². The maximum absolute atomic E-state index is 12.3. The molecule has 1 aromatic heterocycles. The van der Waals surface area contributed by atoms with Gasteiger partial charge in [0.1, 0.15) is 6.26 Å². The van der Waals surface area contributed by atoms with E-state index in [-0.39, 0.29) is 29.6 Å². The Kier molecular flexibility index (Phi) is 7.78. The molecule has 23 heavy (non-hydrogen) atoms. The van der Waals surface area contributed by atoms with E-state index in [1.807, 2.05) is 34.6 Å². The average Bonchev–Trinajstić information content (AvgIpc) is 3.00. The molecule has 1 heterocycles. The lowest BCUT2D eigenvalue weighted by molar-refractivity contribution is -0.134. The molecule has 1 N–H and O–H groups in total. The van der Waals surface area contributed by atoms with Gasteiger partial charge in [0.25, 0.3) is 5.91 Å². The van der Waals surface area contributed by atoms with Crippen LogP contribution in [0.15, 0.2) is 10.7 Å². The zero-order valence-corrected chi connectivity index (χ0v) is 14.9. The number of hydrogen-bond acceptors (Lipinski definition) is 4. The molecule has 0 spiro atoms. The molecule has 0 aromatic carbocycles. The molecular formula is C17H29N3O3. The van der Waals surface area contributed by atoms with Crippen molar-refractivity contribution in [1.82, 2.24) is 15.2 Å². The third kappa shape index (κ3) is 5.69. The summed E-state index contributed by atoms with van der Waals surface area (Å²) in [6.45, 7) is 10.3. The predicted molar refractivity (Wildman–Crippen MR) is 88.9 cm³/mol. The third-order valence-electron chi connectivity index (χ3n) is 3.99. The quantitative estimate of drug-likeness (QED) is 0.757.